The average molecular weight is 447 g/mol. The van der Waals surface area contributed by atoms with Gasteiger partial charge >= 0.3 is 0 Å². The van der Waals surface area contributed by atoms with E-state index in [-0.39, 0.29) is 11.5 Å². The van der Waals surface area contributed by atoms with Crippen LogP contribution < -0.4 is 26.2 Å². The number of ether oxygens (including phenoxy) is 1. The van der Waals surface area contributed by atoms with Gasteiger partial charge in [0.2, 0.25) is 11.5 Å². The molecule has 2 heterocycles. The molecule has 1 aliphatic heterocycles. The Morgan fingerprint density at radius 3 is 2.70 bits per heavy atom. The number of anilines is 1. The SMILES string of the molecule is C=c1c(=O)[nH]c2n1Cc1c(ccc(OCCCCCCC(=O)N(C)c3ccccc3)c1C)N=2. The highest BCUT2D eigenvalue weighted by Gasteiger charge is 2.17. The smallest absolute Gasteiger partial charge is 0.274 e. The first-order chi connectivity index (χ1) is 16.0. The number of unbranched alkanes of at least 4 members (excludes halogenated alkanes) is 3. The Kier molecular flexibility index (Phi) is 6.77. The molecule has 4 rings (SSSR count). The van der Waals surface area contributed by atoms with Gasteiger partial charge in [-0.1, -0.05) is 37.6 Å². The maximum Gasteiger partial charge on any atom is 0.274 e. The molecule has 0 aliphatic carbocycles. The van der Waals surface area contributed by atoms with E-state index in [9.17, 15) is 9.59 Å². The van der Waals surface area contributed by atoms with Crippen molar-refractivity contribution in [3.8, 4) is 5.75 Å². The molecular formula is C26H30N4O3. The van der Waals surface area contributed by atoms with Gasteiger partial charge in [0.1, 0.15) is 11.1 Å². The molecule has 33 heavy (non-hydrogen) atoms. The molecule has 7 heteroatoms. The van der Waals surface area contributed by atoms with Crippen molar-refractivity contribution in [3.63, 3.8) is 0 Å². The van der Waals surface area contributed by atoms with Crippen LogP contribution >= 0.6 is 0 Å². The maximum absolute atomic E-state index is 12.3. The summed E-state index contributed by atoms with van der Waals surface area (Å²) in [5.74, 6) is 0.988. The van der Waals surface area contributed by atoms with Crippen molar-refractivity contribution in [1.29, 1.82) is 0 Å². The van der Waals surface area contributed by atoms with Crippen molar-refractivity contribution < 1.29 is 9.53 Å². The zero-order valence-electron chi connectivity index (χ0n) is 19.3. The second-order valence-electron chi connectivity index (χ2n) is 8.41. The lowest BCUT2D eigenvalue weighted by Gasteiger charge is -2.18. The third-order valence-corrected chi connectivity index (χ3v) is 6.20. The molecular weight excluding hydrogens is 416 g/mol. The van der Waals surface area contributed by atoms with E-state index in [1.54, 1.807) is 9.47 Å². The lowest BCUT2D eigenvalue weighted by atomic mass is 10.0. The number of amides is 1. The molecule has 0 saturated heterocycles. The molecule has 2 aromatic carbocycles. The van der Waals surface area contributed by atoms with E-state index < -0.39 is 0 Å². The highest BCUT2D eigenvalue weighted by molar-refractivity contribution is 5.92. The van der Waals surface area contributed by atoms with Crippen LogP contribution in [0.3, 0.4) is 0 Å². The molecule has 0 unspecified atom stereocenters. The van der Waals surface area contributed by atoms with Gasteiger partial charge < -0.3 is 14.2 Å². The zero-order chi connectivity index (χ0) is 23.4. The number of aromatic amines is 1. The first kappa shape index (κ1) is 22.6. The van der Waals surface area contributed by atoms with E-state index in [1.807, 2.05) is 56.4 Å². The lowest BCUT2D eigenvalue weighted by Crippen LogP contribution is -2.32. The van der Waals surface area contributed by atoms with Crippen LogP contribution in [-0.4, -0.2) is 29.1 Å². The predicted molar refractivity (Wildman–Crippen MR) is 130 cm³/mol. The van der Waals surface area contributed by atoms with Crippen LogP contribution in [0.15, 0.2) is 52.3 Å². The highest BCUT2D eigenvalue weighted by atomic mass is 16.5. The number of carbonyl (C=O) groups excluding carboxylic acids is 1. The summed E-state index contributed by atoms with van der Waals surface area (Å²) in [6.07, 6.45) is 4.37. The van der Waals surface area contributed by atoms with E-state index in [2.05, 4.69) is 16.6 Å². The molecule has 0 fully saturated rings. The largest absolute Gasteiger partial charge is 0.493 e. The van der Waals surface area contributed by atoms with Gasteiger partial charge in [-0.25, -0.2) is 4.99 Å². The fourth-order valence-electron chi connectivity index (χ4n) is 4.08. The van der Waals surface area contributed by atoms with Gasteiger partial charge in [-0.05, 0) is 49.6 Å². The van der Waals surface area contributed by atoms with E-state index >= 15 is 0 Å². The molecule has 3 aromatic rings. The number of hydrogen-bond acceptors (Lipinski definition) is 4. The van der Waals surface area contributed by atoms with Crippen molar-refractivity contribution in [2.45, 2.75) is 45.6 Å². The Hall–Kier alpha value is -3.61. The molecule has 7 nitrogen and oxygen atoms in total. The molecule has 1 amide bonds. The topological polar surface area (TPSA) is 79.7 Å². The number of fused-ring (bicyclic) bond motifs is 2. The van der Waals surface area contributed by atoms with Crippen LogP contribution in [-0.2, 0) is 11.3 Å². The second kappa shape index (κ2) is 9.90. The number of nitrogens with one attached hydrogen (secondary N) is 1. The summed E-state index contributed by atoms with van der Waals surface area (Å²) in [5.41, 5.74) is 4.21. The normalized spacial score (nSPS) is 11.9. The summed E-state index contributed by atoms with van der Waals surface area (Å²) in [4.78, 5) is 33.2. The maximum atomic E-state index is 12.3. The average Bonchev–Trinajstić information content (AvgIpc) is 3.11. The van der Waals surface area contributed by atoms with Crippen molar-refractivity contribution in [2.24, 2.45) is 4.99 Å². The van der Waals surface area contributed by atoms with Gasteiger partial charge in [0.25, 0.3) is 5.56 Å². The molecule has 0 radical (unpaired) electrons. The predicted octanol–water partition coefficient (Wildman–Crippen LogP) is 3.20. The number of rotatable bonds is 9. The van der Waals surface area contributed by atoms with E-state index in [1.165, 1.54) is 0 Å². The van der Waals surface area contributed by atoms with Crippen LogP contribution in [0.1, 0.15) is 43.2 Å². The highest BCUT2D eigenvalue weighted by Crippen LogP contribution is 2.31. The first-order valence-electron chi connectivity index (χ1n) is 11.4. The third-order valence-electron chi connectivity index (χ3n) is 6.20. The first-order valence-corrected chi connectivity index (χ1v) is 11.4. The van der Waals surface area contributed by atoms with Gasteiger partial charge in [-0.3, -0.25) is 14.6 Å². The monoisotopic (exact) mass is 446 g/mol. The fourth-order valence-corrected chi connectivity index (χ4v) is 4.08. The minimum atomic E-state index is -0.205. The van der Waals surface area contributed by atoms with Crippen LogP contribution in [0.5, 0.6) is 5.75 Å². The van der Waals surface area contributed by atoms with Crippen molar-refractivity contribution >= 4 is 23.9 Å². The Balaban J connectivity index is 1.22. The van der Waals surface area contributed by atoms with Crippen molar-refractivity contribution in [2.75, 3.05) is 18.6 Å². The van der Waals surface area contributed by atoms with E-state index in [0.29, 0.717) is 30.5 Å². The summed E-state index contributed by atoms with van der Waals surface area (Å²) in [6.45, 7) is 7.05. The molecule has 1 N–H and O–H groups in total. The molecule has 0 atom stereocenters. The van der Waals surface area contributed by atoms with Crippen LogP contribution in [0.4, 0.5) is 11.4 Å². The van der Waals surface area contributed by atoms with E-state index in [4.69, 9.17) is 4.74 Å². The van der Waals surface area contributed by atoms with Gasteiger partial charge in [0.05, 0.1) is 18.8 Å². The van der Waals surface area contributed by atoms with Crippen LogP contribution in [0.2, 0.25) is 0 Å². The summed E-state index contributed by atoms with van der Waals surface area (Å²) < 4.78 is 7.84. The summed E-state index contributed by atoms with van der Waals surface area (Å²) in [5, 5.41) is 0.415. The van der Waals surface area contributed by atoms with Gasteiger partial charge in [0, 0.05) is 24.7 Å². The molecule has 1 aliphatic rings. The van der Waals surface area contributed by atoms with Crippen molar-refractivity contribution in [3.05, 3.63) is 74.9 Å². The third kappa shape index (κ3) is 4.92. The summed E-state index contributed by atoms with van der Waals surface area (Å²) >= 11 is 0. The number of H-pyrrole nitrogens is 1. The molecule has 0 saturated carbocycles. The minimum absolute atomic E-state index is 0.144. The summed E-state index contributed by atoms with van der Waals surface area (Å²) in [6, 6.07) is 13.6. The Bertz CT molecular complexity index is 1310. The quantitative estimate of drug-likeness (QED) is 0.401. The number of imidazole rings is 1. The Morgan fingerprint density at radius 1 is 1.15 bits per heavy atom. The zero-order valence-corrected chi connectivity index (χ0v) is 19.3. The van der Waals surface area contributed by atoms with Crippen molar-refractivity contribution in [1.82, 2.24) is 9.55 Å². The number of benzene rings is 2. The second-order valence-corrected chi connectivity index (χ2v) is 8.41. The van der Waals surface area contributed by atoms with E-state index in [0.717, 1.165) is 53.9 Å². The number of nitrogens with zero attached hydrogens (tertiary/aromatic N) is 3. The van der Waals surface area contributed by atoms with Crippen LogP contribution in [0.25, 0.3) is 6.58 Å². The fraction of sp³-hybridized carbons (Fsp3) is 0.346. The Labute approximate surface area is 193 Å². The Morgan fingerprint density at radius 2 is 1.91 bits per heavy atom. The minimum Gasteiger partial charge on any atom is -0.493 e. The van der Waals surface area contributed by atoms with Crippen LogP contribution in [0, 0.1) is 6.92 Å². The van der Waals surface area contributed by atoms with Gasteiger partial charge in [-0.2, -0.15) is 0 Å². The molecule has 0 bridgehead atoms. The standard InChI is InChI=1S/C26H30N4O3/c1-18-21-17-30-19(2)25(32)28-26(30)27-22(21)14-15-23(18)33-16-10-5-4-9-13-24(31)29(3)20-11-7-6-8-12-20/h6-8,11-12,14-15H,2,4-5,9-10,13,16-17H2,1,3H3,(H,27,28,32). The van der Waals surface area contributed by atoms with Gasteiger partial charge in [-0.15, -0.1) is 0 Å². The van der Waals surface area contributed by atoms with Gasteiger partial charge in [0.15, 0.2) is 0 Å². The number of para-hydroxylation sites is 1. The number of carbonyl (C=O) groups is 1. The lowest BCUT2D eigenvalue weighted by molar-refractivity contribution is -0.118. The number of hydrogen-bond donors (Lipinski definition) is 1. The molecule has 1 aromatic heterocycles. The molecule has 0 spiro atoms. The summed E-state index contributed by atoms with van der Waals surface area (Å²) in [7, 11) is 1.83. The number of aromatic nitrogens is 2. The molecule has 172 valence electrons.